The van der Waals surface area contributed by atoms with Gasteiger partial charge in [0.2, 0.25) is 0 Å². The van der Waals surface area contributed by atoms with Gasteiger partial charge in [-0.05, 0) is 59.8 Å². The third kappa shape index (κ3) is 4.17. The molecule has 128 valence electrons. The molecule has 0 bridgehead atoms. The summed E-state index contributed by atoms with van der Waals surface area (Å²) >= 11 is 3.23. The van der Waals surface area contributed by atoms with E-state index in [1.165, 1.54) is 32.1 Å². The van der Waals surface area contributed by atoms with Gasteiger partial charge in [-0.1, -0.05) is 19.3 Å². The normalized spacial score (nSPS) is 15.2. The van der Waals surface area contributed by atoms with Gasteiger partial charge in [0.15, 0.2) is 22.0 Å². The molecule has 0 spiro atoms. The first-order chi connectivity index (χ1) is 11.6. The van der Waals surface area contributed by atoms with Gasteiger partial charge in [-0.25, -0.2) is 4.98 Å². The largest absolute Gasteiger partial charge is 0.489 e. The van der Waals surface area contributed by atoms with Gasteiger partial charge in [0, 0.05) is 11.8 Å². The summed E-state index contributed by atoms with van der Waals surface area (Å²) < 4.78 is 11.8. The minimum absolute atomic E-state index is 0.269. The maximum Gasteiger partial charge on any atom is 0.292 e. The van der Waals surface area contributed by atoms with Gasteiger partial charge in [0.05, 0.1) is 6.61 Å². The minimum Gasteiger partial charge on any atom is -0.489 e. The van der Waals surface area contributed by atoms with Crippen LogP contribution in [-0.4, -0.2) is 17.5 Å². The smallest absolute Gasteiger partial charge is 0.292 e. The van der Waals surface area contributed by atoms with Crippen molar-refractivity contribution in [3.05, 3.63) is 40.4 Å². The number of halogens is 1. The summed E-state index contributed by atoms with van der Waals surface area (Å²) in [6.07, 6.45) is 7.93. The second-order valence-electron chi connectivity index (χ2n) is 6.18. The number of hydrogen-bond donors (Lipinski definition) is 1. The monoisotopic (exact) mass is 392 g/mol. The van der Waals surface area contributed by atoms with E-state index < -0.39 is 0 Å². The van der Waals surface area contributed by atoms with Gasteiger partial charge in [0.25, 0.3) is 5.91 Å². The Kier molecular flexibility index (Phi) is 5.56. The van der Waals surface area contributed by atoms with Crippen LogP contribution in [0.5, 0.6) is 5.75 Å². The topological polar surface area (TPSA) is 64.4 Å². The molecule has 1 fully saturated rings. The molecule has 5 nitrogen and oxygen atoms in total. The molecule has 2 heterocycles. The molecule has 1 aliphatic carbocycles. The zero-order chi connectivity index (χ0) is 16.9. The molecule has 2 aromatic heterocycles. The molecule has 3 rings (SSSR count). The third-order valence-electron chi connectivity index (χ3n) is 4.30. The van der Waals surface area contributed by atoms with Crippen molar-refractivity contribution in [2.75, 3.05) is 11.9 Å². The van der Waals surface area contributed by atoms with Crippen molar-refractivity contribution in [1.82, 2.24) is 4.98 Å². The van der Waals surface area contributed by atoms with E-state index in [-0.39, 0.29) is 11.7 Å². The summed E-state index contributed by atoms with van der Waals surface area (Å²) in [7, 11) is 0. The zero-order valence-corrected chi connectivity index (χ0v) is 15.3. The van der Waals surface area contributed by atoms with E-state index in [1.54, 1.807) is 18.3 Å². The first kappa shape index (κ1) is 17.0. The molecule has 1 amide bonds. The number of ether oxygens (including phenoxy) is 1. The SMILES string of the molecule is Cc1cc(Br)oc1C(=O)Nc1ncccc1OCC1CCCCC1. The van der Waals surface area contributed by atoms with Gasteiger partial charge < -0.3 is 14.5 Å². The highest BCUT2D eigenvalue weighted by Gasteiger charge is 2.19. The highest BCUT2D eigenvalue weighted by Crippen LogP contribution is 2.28. The van der Waals surface area contributed by atoms with E-state index in [0.29, 0.717) is 28.8 Å². The summed E-state index contributed by atoms with van der Waals surface area (Å²) in [5.74, 6) is 1.54. The number of rotatable bonds is 5. The summed E-state index contributed by atoms with van der Waals surface area (Å²) in [5, 5.41) is 2.78. The van der Waals surface area contributed by atoms with Crippen LogP contribution in [-0.2, 0) is 0 Å². The molecule has 1 aliphatic rings. The van der Waals surface area contributed by atoms with Crippen LogP contribution in [0.1, 0.15) is 48.2 Å². The fourth-order valence-corrected chi connectivity index (χ4v) is 3.50. The maximum atomic E-state index is 12.4. The molecule has 1 N–H and O–H groups in total. The van der Waals surface area contributed by atoms with E-state index in [2.05, 4.69) is 26.2 Å². The number of nitrogens with zero attached hydrogens (tertiary/aromatic N) is 1. The number of furan rings is 1. The molecule has 1 saturated carbocycles. The van der Waals surface area contributed by atoms with Crippen LogP contribution < -0.4 is 10.1 Å². The second kappa shape index (κ2) is 7.83. The molecule has 0 aliphatic heterocycles. The number of carbonyl (C=O) groups excluding carboxylic acids is 1. The van der Waals surface area contributed by atoms with Crippen LogP contribution >= 0.6 is 15.9 Å². The standard InChI is InChI=1S/C18H21BrN2O3/c1-12-10-15(19)24-16(12)18(22)21-17-14(8-5-9-20-17)23-11-13-6-3-2-4-7-13/h5,8-10,13H,2-4,6-7,11H2,1H3,(H,20,21,22). The van der Waals surface area contributed by atoms with Gasteiger partial charge in [-0.3, -0.25) is 4.79 Å². The van der Waals surface area contributed by atoms with E-state index in [1.807, 2.05) is 13.0 Å². The van der Waals surface area contributed by atoms with Gasteiger partial charge >= 0.3 is 0 Å². The molecular weight excluding hydrogens is 372 g/mol. The highest BCUT2D eigenvalue weighted by atomic mass is 79.9. The Morgan fingerprint density at radius 1 is 1.42 bits per heavy atom. The van der Waals surface area contributed by atoms with Crippen molar-refractivity contribution < 1.29 is 13.9 Å². The van der Waals surface area contributed by atoms with Crippen LogP contribution in [0.4, 0.5) is 5.82 Å². The van der Waals surface area contributed by atoms with Crippen LogP contribution in [0.15, 0.2) is 33.5 Å². The third-order valence-corrected chi connectivity index (χ3v) is 4.69. The average molecular weight is 393 g/mol. The number of nitrogens with one attached hydrogen (secondary N) is 1. The van der Waals surface area contributed by atoms with E-state index >= 15 is 0 Å². The Morgan fingerprint density at radius 2 is 2.21 bits per heavy atom. The molecule has 0 aromatic carbocycles. The Morgan fingerprint density at radius 3 is 2.92 bits per heavy atom. The Labute approximate surface area is 149 Å². The first-order valence-corrected chi connectivity index (χ1v) is 9.08. The van der Waals surface area contributed by atoms with Crippen LogP contribution in [0.25, 0.3) is 0 Å². The molecule has 2 aromatic rings. The number of amides is 1. The molecule has 0 atom stereocenters. The fraction of sp³-hybridized carbons (Fsp3) is 0.444. The van der Waals surface area contributed by atoms with Gasteiger partial charge in [-0.15, -0.1) is 0 Å². The minimum atomic E-state index is -0.334. The predicted octanol–water partition coefficient (Wildman–Crippen LogP) is 4.96. The number of hydrogen-bond acceptors (Lipinski definition) is 4. The number of aryl methyl sites for hydroxylation is 1. The number of carbonyl (C=O) groups is 1. The average Bonchev–Trinajstić information content (AvgIpc) is 2.93. The lowest BCUT2D eigenvalue weighted by molar-refractivity contribution is 0.0993. The first-order valence-electron chi connectivity index (χ1n) is 8.28. The summed E-state index contributed by atoms with van der Waals surface area (Å²) in [5.41, 5.74) is 0.764. The lowest BCUT2D eigenvalue weighted by Crippen LogP contribution is -2.18. The molecule has 0 saturated heterocycles. The molecule has 24 heavy (non-hydrogen) atoms. The number of pyridine rings is 1. The van der Waals surface area contributed by atoms with Crippen molar-refractivity contribution in [2.45, 2.75) is 39.0 Å². The maximum absolute atomic E-state index is 12.4. The zero-order valence-electron chi connectivity index (χ0n) is 13.7. The van der Waals surface area contributed by atoms with Crippen molar-refractivity contribution in [1.29, 1.82) is 0 Å². The van der Waals surface area contributed by atoms with Crippen LogP contribution in [0.2, 0.25) is 0 Å². The van der Waals surface area contributed by atoms with E-state index in [0.717, 1.165) is 5.56 Å². The summed E-state index contributed by atoms with van der Waals surface area (Å²) in [6.45, 7) is 2.49. The van der Waals surface area contributed by atoms with E-state index in [9.17, 15) is 4.79 Å². The number of anilines is 1. The van der Waals surface area contributed by atoms with Crippen molar-refractivity contribution >= 4 is 27.7 Å². The van der Waals surface area contributed by atoms with E-state index in [4.69, 9.17) is 9.15 Å². The molecule has 6 heteroatoms. The van der Waals surface area contributed by atoms with Crippen LogP contribution in [0, 0.1) is 12.8 Å². The summed E-state index contributed by atoms with van der Waals surface area (Å²) in [6, 6.07) is 5.39. The quantitative estimate of drug-likeness (QED) is 0.780. The molecular formula is C18H21BrN2O3. The predicted molar refractivity (Wildman–Crippen MR) is 95.4 cm³/mol. The van der Waals surface area contributed by atoms with Crippen molar-refractivity contribution in [3.63, 3.8) is 0 Å². The Balaban J connectivity index is 1.67. The number of aromatic nitrogens is 1. The highest BCUT2D eigenvalue weighted by molar-refractivity contribution is 9.10. The fourth-order valence-electron chi connectivity index (χ4n) is 3.00. The van der Waals surface area contributed by atoms with Crippen molar-refractivity contribution in [3.8, 4) is 5.75 Å². The van der Waals surface area contributed by atoms with Crippen LogP contribution in [0.3, 0.4) is 0 Å². The molecule has 0 radical (unpaired) electrons. The summed E-state index contributed by atoms with van der Waals surface area (Å²) in [4.78, 5) is 16.6. The van der Waals surface area contributed by atoms with Gasteiger partial charge in [0.1, 0.15) is 0 Å². The molecule has 0 unspecified atom stereocenters. The van der Waals surface area contributed by atoms with Gasteiger partial charge in [-0.2, -0.15) is 0 Å². The lowest BCUT2D eigenvalue weighted by atomic mass is 9.90. The van der Waals surface area contributed by atoms with Crippen molar-refractivity contribution in [2.24, 2.45) is 5.92 Å². The second-order valence-corrected chi connectivity index (χ2v) is 6.96. The Hall–Kier alpha value is -1.82. The Bertz CT molecular complexity index is 708. The lowest BCUT2D eigenvalue weighted by Gasteiger charge is -2.22.